The highest BCUT2D eigenvalue weighted by Gasteiger charge is 2.17. The van der Waals surface area contributed by atoms with Crippen molar-refractivity contribution in [2.75, 3.05) is 13.6 Å². The number of rotatable bonds is 7. The maximum absolute atomic E-state index is 11.8. The molecule has 0 radical (unpaired) electrons. The lowest BCUT2D eigenvalue weighted by molar-refractivity contribution is 0.549. The second kappa shape index (κ2) is 6.36. The van der Waals surface area contributed by atoms with Gasteiger partial charge in [-0.15, -0.1) is 0 Å². The average molecular weight is 273 g/mol. The standard InChI is InChI=1S/C12H23N3O2S/c1-5-6-14-8-11-7-12(18(16,17)13-4)9-15(11)10(2)3/h7,9-10,13-14H,5-6,8H2,1-4H3. The molecule has 5 nitrogen and oxygen atoms in total. The minimum atomic E-state index is -3.36. The number of nitrogens with zero attached hydrogens (tertiary/aromatic N) is 1. The van der Waals surface area contributed by atoms with Crippen LogP contribution in [-0.2, 0) is 16.6 Å². The first-order valence-corrected chi connectivity index (χ1v) is 7.75. The third kappa shape index (κ3) is 3.57. The smallest absolute Gasteiger partial charge is 0.241 e. The molecule has 0 aliphatic heterocycles. The van der Waals surface area contributed by atoms with Crippen LogP contribution in [0.5, 0.6) is 0 Å². The summed E-state index contributed by atoms with van der Waals surface area (Å²) < 4.78 is 27.9. The van der Waals surface area contributed by atoms with Crippen LogP contribution < -0.4 is 10.0 Å². The van der Waals surface area contributed by atoms with Gasteiger partial charge in [-0.05, 0) is 39.9 Å². The highest BCUT2D eigenvalue weighted by Crippen LogP contribution is 2.18. The van der Waals surface area contributed by atoms with Crippen LogP contribution in [-0.4, -0.2) is 26.6 Å². The molecule has 1 heterocycles. The van der Waals surface area contributed by atoms with E-state index in [2.05, 4.69) is 17.0 Å². The van der Waals surface area contributed by atoms with E-state index in [1.165, 1.54) is 7.05 Å². The Labute approximate surface area is 110 Å². The quantitative estimate of drug-likeness (QED) is 0.740. The van der Waals surface area contributed by atoms with Crippen molar-refractivity contribution in [3.8, 4) is 0 Å². The first-order valence-electron chi connectivity index (χ1n) is 6.27. The fourth-order valence-electron chi connectivity index (χ4n) is 1.78. The highest BCUT2D eigenvalue weighted by atomic mass is 32.2. The van der Waals surface area contributed by atoms with Crippen molar-refractivity contribution in [3.63, 3.8) is 0 Å². The summed E-state index contributed by atoms with van der Waals surface area (Å²) in [7, 11) is -1.93. The lowest BCUT2D eigenvalue weighted by Gasteiger charge is -2.12. The molecule has 104 valence electrons. The molecule has 0 saturated carbocycles. The first kappa shape index (κ1) is 15.2. The van der Waals surface area contributed by atoms with Gasteiger partial charge in [0.15, 0.2) is 0 Å². The van der Waals surface area contributed by atoms with Gasteiger partial charge in [-0.3, -0.25) is 0 Å². The van der Waals surface area contributed by atoms with Crippen LogP contribution in [0.15, 0.2) is 17.2 Å². The van der Waals surface area contributed by atoms with Crippen molar-refractivity contribution in [1.82, 2.24) is 14.6 Å². The molecule has 0 aliphatic carbocycles. The zero-order valence-electron chi connectivity index (χ0n) is 11.5. The molecular weight excluding hydrogens is 250 g/mol. The van der Waals surface area contributed by atoms with Gasteiger partial charge in [0.25, 0.3) is 0 Å². The molecule has 1 aromatic heterocycles. The van der Waals surface area contributed by atoms with Crippen molar-refractivity contribution in [2.24, 2.45) is 0 Å². The largest absolute Gasteiger partial charge is 0.346 e. The van der Waals surface area contributed by atoms with Gasteiger partial charge in [0.2, 0.25) is 10.0 Å². The average Bonchev–Trinajstić information content (AvgIpc) is 2.74. The van der Waals surface area contributed by atoms with Gasteiger partial charge in [0.05, 0.1) is 4.90 Å². The Bertz CT molecular complexity index is 478. The SMILES string of the molecule is CCCNCc1cc(S(=O)(=O)NC)cn1C(C)C. The van der Waals surface area contributed by atoms with E-state index < -0.39 is 10.0 Å². The number of hydrogen-bond acceptors (Lipinski definition) is 3. The maximum Gasteiger partial charge on any atom is 0.241 e. The Morgan fingerprint density at radius 2 is 2.06 bits per heavy atom. The number of sulfonamides is 1. The predicted molar refractivity (Wildman–Crippen MR) is 73.1 cm³/mol. The topological polar surface area (TPSA) is 63.1 Å². The van der Waals surface area contributed by atoms with E-state index in [-0.39, 0.29) is 6.04 Å². The van der Waals surface area contributed by atoms with Crippen LogP contribution in [0.2, 0.25) is 0 Å². The van der Waals surface area contributed by atoms with Gasteiger partial charge in [-0.2, -0.15) is 0 Å². The van der Waals surface area contributed by atoms with E-state index in [9.17, 15) is 8.42 Å². The number of hydrogen-bond donors (Lipinski definition) is 2. The van der Waals surface area contributed by atoms with Crippen LogP contribution in [0.4, 0.5) is 0 Å². The molecule has 0 unspecified atom stereocenters. The Kier molecular flexibility index (Phi) is 5.37. The highest BCUT2D eigenvalue weighted by molar-refractivity contribution is 7.89. The lowest BCUT2D eigenvalue weighted by Crippen LogP contribution is -2.18. The second-order valence-corrected chi connectivity index (χ2v) is 6.44. The monoisotopic (exact) mass is 273 g/mol. The van der Waals surface area contributed by atoms with Crippen LogP contribution >= 0.6 is 0 Å². The van der Waals surface area contributed by atoms with Gasteiger partial charge in [0.1, 0.15) is 0 Å². The molecule has 1 rings (SSSR count). The van der Waals surface area contributed by atoms with Gasteiger partial charge >= 0.3 is 0 Å². The van der Waals surface area contributed by atoms with Crippen LogP contribution in [0.3, 0.4) is 0 Å². The van der Waals surface area contributed by atoms with Gasteiger partial charge in [-0.1, -0.05) is 6.92 Å². The molecule has 0 saturated heterocycles. The van der Waals surface area contributed by atoms with E-state index in [0.29, 0.717) is 11.4 Å². The fourth-order valence-corrected chi connectivity index (χ4v) is 2.56. The normalized spacial score (nSPS) is 12.3. The summed E-state index contributed by atoms with van der Waals surface area (Å²) in [4.78, 5) is 0.326. The van der Waals surface area contributed by atoms with E-state index in [1.807, 2.05) is 18.4 Å². The summed E-state index contributed by atoms with van der Waals surface area (Å²) in [6.07, 6.45) is 2.75. The zero-order valence-corrected chi connectivity index (χ0v) is 12.3. The summed E-state index contributed by atoms with van der Waals surface area (Å²) in [5.41, 5.74) is 0.993. The summed E-state index contributed by atoms with van der Waals surface area (Å²) >= 11 is 0. The Morgan fingerprint density at radius 3 is 2.56 bits per heavy atom. The van der Waals surface area contributed by atoms with Crippen molar-refractivity contribution in [2.45, 2.75) is 44.7 Å². The van der Waals surface area contributed by atoms with E-state index in [1.54, 1.807) is 12.3 Å². The van der Waals surface area contributed by atoms with Crippen LogP contribution in [0, 0.1) is 0 Å². The van der Waals surface area contributed by atoms with Crippen molar-refractivity contribution < 1.29 is 8.42 Å². The molecule has 0 spiro atoms. The maximum atomic E-state index is 11.8. The fraction of sp³-hybridized carbons (Fsp3) is 0.667. The molecule has 0 atom stereocenters. The van der Waals surface area contributed by atoms with Gasteiger partial charge in [0, 0.05) is 24.5 Å². The number of aromatic nitrogens is 1. The molecule has 0 aliphatic rings. The predicted octanol–water partition coefficient (Wildman–Crippen LogP) is 1.48. The molecule has 0 amide bonds. The molecule has 0 bridgehead atoms. The lowest BCUT2D eigenvalue weighted by atomic mass is 10.3. The molecule has 1 aromatic rings. The van der Waals surface area contributed by atoms with Crippen LogP contribution in [0.25, 0.3) is 0 Å². The zero-order chi connectivity index (χ0) is 13.8. The minimum absolute atomic E-state index is 0.240. The summed E-state index contributed by atoms with van der Waals surface area (Å²) in [5, 5.41) is 3.29. The molecule has 18 heavy (non-hydrogen) atoms. The first-order chi connectivity index (χ1) is 8.42. The second-order valence-electron chi connectivity index (χ2n) is 4.55. The van der Waals surface area contributed by atoms with E-state index in [4.69, 9.17) is 0 Å². The van der Waals surface area contributed by atoms with Crippen LogP contribution in [0.1, 0.15) is 38.9 Å². The molecular formula is C12H23N3O2S. The van der Waals surface area contributed by atoms with E-state index in [0.717, 1.165) is 18.7 Å². The van der Waals surface area contributed by atoms with Crippen molar-refractivity contribution in [1.29, 1.82) is 0 Å². The molecule has 0 fully saturated rings. The van der Waals surface area contributed by atoms with Gasteiger partial charge in [-0.25, -0.2) is 13.1 Å². The Balaban J connectivity index is 3.01. The van der Waals surface area contributed by atoms with Crippen molar-refractivity contribution in [3.05, 3.63) is 18.0 Å². The number of nitrogens with one attached hydrogen (secondary N) is 2. The summed E-state index contributed by atoms with van der Waals surface area (Å²) in [6.45, 7) is 7.80. The summed E-state index contributed by atoms with van der Waals surface area (Å²) in [6, 6.07) is 1.97. The van der Waals surface area contributed by atoms with Crippen molar-refractivity contribution >= 4 is 10.0 Å². The molecule has 0 aromatic carbocycles. The third-order valence-corrected chi connectivity index (χ3v) is 4.16. The Hall–Kier alpha value is -0.850. The van der Waals surface area contributed by atoms with E-state index >= 15 is 0 Å². The van der Waals surface area contributed by atoms with Gasteiger partial charge < -0.3 is 9.88 Å². The third-order valence-electron chi connectivity index (χ3n) is 2.78. The molecule has 2 N–H and O–H groups in total. The Morgan fingerprint density at radius 1 is 1.39 bits per heavy atom. The summed E-state index contributed by atoms with van der Waals surface area (Å²) in [5.74, 6) is 0. The minimum Gasteiger partial charge on any atom is -0.346 e. The molecule has 6 heteroatoms.